The van der Waals surface area contributed by atoms with Gasteiger partial charge in [0.05, 0.1) is 40.2 Å². The van der Waals surface area contributed by atoms with Crippen LogP contribution in [0.2, 0.25) is 0 Å². The number of hydrogen-bond acceptors (Lipinski definition) is 10. The van der Waals surface area contributed by atoms with Gasteiger partial charge in [0.15, 0.2) is 5.75 Å². The fourth-order valence-corrected chi connectivity index (χ4v) is 21.7. The molecule has 648 valence electrons. The van der Waals surface area contributed by atoms with Crippen molar-refractivity contribution < 1.29 is 55.9 Å². The van der Waals surface area contributed by atoms with E-state index in [4.69, 9.17) is 10.1 Å². The fraction of sp³-hybridized carbons (Fsp3) is 0.111. The van der Waals surface area contributed by atoms with Crippen molar-refractivity contribution in [2.24, 2.45) is 5.92 Å². The van der Waals surface area contributed by atoms with Gasteiger partial charge in [-0.25, -0.2) is 37.5 Å². The third kappa shape index (κ3) is 20.4. The Bertz CT molecular complexity index is 6100. The van der Waals surface area contributed by atoms with Crippen LogP contribution >= 0.6 is 25.1 Å². The summed E-state index contributed by atoms with van der Waals surface area (Å²) in [5, 5.41) is 25.2. The second-order valence-electron chi connectivity index (χ2n) is 31.3. The third-order valence-electron chi connectivity index (χ3n) is 22.7. The van der Waals surface area contributed by atoms with Gasteiger partial charge in [-0.15, -0.1) is 42.1 Å². The zero-order valence-corrected chi connectivity index (χ0v) is 77.0. The first-order valence-corrected chi connectivity index (χ1v) is 45.7. The minimum atomic E-state index is -1.22. The van der Waals surface area contributed by atoms with E-state index in [1.165, 1.54) is 88.9 Å². The second kappa shape index (κ2) is 42.8. The zero-order valence-electron chi connectivity index (χ0n) is 71.1. The third-order valence-corrected chi connectivity index (χ3v) is 28.6. The molecule has 0 bridgehead atoms. The van der Waals surface area contributed by atoms with E-state index < -0.39 is 7.92 Å². The van der Waals surface area contributed by atoms with Crippen molar-refractivity contribution in [1.29, 1.82) is 0 Å². The van der Waals surface area contributed by atoms with Gasteiger partial charge >= 0.3 is 17.1 Å². The number of rotatable bonds is 16. The molecule has 5 atom stereocenters. The van der Waals surface area contributed by atoms with E-state index >= 15 is 0 Å². The van der Waals surface area contributed by atoms with Crippen molar-refractivity contribution in [3.8, 4) is 34.4 Å². The molecule has 0 fully saturated rings. The van der Waals surface area contributed by atoms with E-state index in [0.29, 0.717) is 44.6 Å². The molecule has 127 heavy (non-hydrogen) atoms. The maximum Gasteiger partial charge on any atom is 1.00 e. The standard InChI is InChI=1S/C30H24OP2.C23H20N4.C17H20NP.C14H12N.C13H9N4.C11H12N2.3Cu/c1-4-14-24(15-5-1)32-29-22-12-10-20-27(29)31-28-21-11-13-23-30(28)33(25-16-6-2-7-17-25)26-18-8-3-9-19-26;1-24-14-8-3-5-10-16(14)26-18-12-7-13-19-20(18)21(22(24)26)23-25(2)15-9-4-6-11-17(15)27(19)23;1-13(2)12-19-17-11-7-6-10-16(17)18-15-9-5-4-8-14(15)3;1-11-7-3-5-9-13(11)15-14-10-6-4-8-12(14)2;1-2-6-10(7-3-1)12-15-13(17-16-12)11-8-4-5-9-14-11;1-12-6-7-13-10-5-3-2-4-9(10)8-11(12)13;;;/h1-23,32H;3-13,21-23H,1-2H3;4-11,13,19H,3,12H2,1-2H3;3-10H,1-2H2;1-9H;2-7,11H,8H2,1H3;;;/q;;-2;-3;-1;;;;+1/p+1. The number of aromatic nitrogens is 4. The Kier molecular flexibility index (Phi) is 30.7. The molecule has 13 nitrogen and oxygen atoms in total. The topological polar surface area (TPSA) is 110 Å². The largest absolute Gasteiger partial charge is 1.00 e. The van der Waals surface area contributed by atoms with Crippen LogP contribution in [0.3, 0.4) is 0 Å². The first kappa shape index (κ1) is 91.0. The van der Waals surface area contributed by atoms with E-state index in [1.807, 2.05) is 127 Å². The summed E-state index contributed by atoms with van der Waals surface area (Å²) < 4.78 is 6.67. The molecule has 0 saturated carbocycles. The van der Waals surface area contributed by atoms with Crippen LogP contribution in [0.5, 0.6) is 11.5 Å². The number of anilines is 7. The molecule has 0 aliphatic carbocycles. The van der Waals surface area contributed by atoms with Gasteiger partial charge in [0, 0.05) is 108 Å². The van der Waals surface area contributed by atoms with Crippen molar-refractivity contribution in [1.82, 2.24) is 25.1 Å². The molecule has 14 aromatic carbocycles. The van der Waals surface area contributed by atoms with Crippen LogP contribution in [0, 0.1) is 26.7 Å². The van der Waals surface area contributed by atoms with Crippen molar-refractivity contribution in [2.75, 3.05) is 51.8 Å². The molecule has 2 radical (unpaired) electrons. The Morgan fingerprint density at radius 1 is 0.449 bits per heavy atom. The Balaban J connectivity index is 0.000000127. The number of benzene rings is 14. The molecular weight excluding hydrogens is 1760 g/mol. The van der Waals surface area contributed by atoms with E-state index in [1.54, 1.807) is 6.20 Å². The molecule has 2 aromatic heterocycles. The first-order chi connectivity index (χ1) is 60.9. The van der Waals surface area contributed by atoms with Gasteiger partial charge in [0.25, 0.3) is 0 Å². The number of likely N-dealkylation sites (N-methyl/N-ethyl adjacent to an activating group) is 3. The van der Waals surface area contributed by atoms with Gasteiger partial charge in [-0.2, -0.15) is 18.2 Å². The number of fused-ring (bicyclic) bond motifs is 13. The summed E-state index contributed by atoms with van der Waals surface area (Å²) in [6.07, 6.45) is 9.55. The van der Waals surface area contributed by atoms with Crippen LogP contribution < -0.4 is 66.2 Å². The van der Waals surface area contributed by atoms with Crippen LogP contribution in [0.25, 0.3) is 33.5 Å². The van der Waals surface area contributed by atoms with Crippen LogP contribution in [0.4, 0.5) is 62.6 Å². The Morgan fingerprint density at radius 2 is 0.898 bits per heavy atom. The molecule has 0 spiro atoms. The molecule has 22 rings (SSSR count). The molecule has 5 unspecified atom stereocenters. The van der Waals surface area contributed by atoms with Crippen LogP contribution in [-0.2, 0) is 57.6 Å². The summed E-state index contributed by atoms with van der Waals surface area (Å²) in [4.78, 5) is 23.2. The Morgan fingerprint density at radius 3 is 1.45 bits per heavy atom. The average molecular weight is 1860 g/mol. The summed E-state index contributed by atoms with van der Waals surface area (Å²) in [6.45, 7) is 16.4. The maximum absolute atomic E-state index is 6.67. The Hall–Kier alpha value is -12.2. The minimum Gasteiger partial charge on any atom is -0.774 e. The number of para-hydroxylation sites is 11. The van der Waals surface area contributed by atoms with E-state index in [2.05, 4.69) is 372 Å². The van der Waals surface area contributed by atoms with Gasteiger partial charge in [-0.05, 0) is 137 Å². The fourth-order valence-electron chi connectivity index (χ4n) is 16.7. The summed E-state index contributed by atoms with van der Waals surface area (Å²) in [7, 11) is 6.78. The first-order valence-electron chi connectivity index (χ1n) is 42.0. The monoisotopic (exact) mass is 1860 g/mol. The molecule has 0 N–H and O–H groups in total. The number of ether oxygens (including phenoxy) is 1. The van der Waals surface area contributed by atoms with Gasteiger partial charge in [0.1, 0.15) is 48.1 Å². The number of pyridine rings is 1. The molecule has 8 heterocycles. The number of nitrogens with zero attached hydrogens (tertiary/aromatic N) is 12. The summed E-state index contributed by atoms with van der Waals surface area (Å²) in [5.41, 5.74) is 20.8. The van der Waals surface area contributed by atoms with Crippen molar-refractivity contribution in [3.63, 3.8) is 0 Å². The molecular formula is C108H98Cu3N12OP3-4. The average Bonchev–Trinajstić information content (AvgIpc) is 1.51. The van der Waals surface area contributed by atoms with Gasteiger partial charge in [-0.3, -0.25) is 27.1 Å². The van der Waals surface area contributed by atoms with Crippen LogP contribution in [0.1, 0.15) is 47.6 Å². The second-order valence-corrected chi connectivity index (χ2v) is 36.4. The van der Waals surface area contributed by atoms with E-state index in [9.17, 15) is 0 Å². The molecule has 16 aromatic rings. The smallest absolute Gasteiger partial charge is 0.774 e. The van der Waals surface area contributed by atoms with Crippen molar-refractivity contribution >= 4 is 119 Å². The number of hydrogen-bond donors (Lipinski definition) is 0. The normalized spacial score (nSPS) is 15.0. The SMILES string of the molecule is CN1C=CN2c3ccccc3CC12.CN1c2ccccc2N2c3cccc4c3C(C12)C1N(C)c2ccccc2N41.[CH2-]c1ccccc1[N-]c1ccccc1PCC(C)C.[CH2-]c1ccccc1[N-]c1ccccc1[CH2-].[Cu+].[Cu].[Cu].c1ccc(-c2n[n-]c(-c3ccccn3)n2)cc1.c1ccc(Pc2ccccc2Oc2ccccc2[PH+](c2ccccc2)c2ccccc2)cc1. The molecule has 0 amide bonds. The summed E-state index contributed by atoms with van der Waals surface area (Å²) in [6, 6.07) is 130. The van der Waals surface area contributed by atoms with Gasteiger partial charge in [-0.1, -0.05) is 255 Å². The maximum atomic E-state index is 6.67. The van der Waals surface area contributed by atoms with Crippen LogP contribution in [-0.4, -0.2) is 65.8 Å². The van der Waals surface area contributed by atoms with Gasteiger partial charge < -0.3 is 54.9 Å². The van der Waals surface area contributed by atoms with Crippen molar-refractivity contribution in [3.05, 3.63) is 454 Å². The van der Waals surface area contributed by atoms with E-state index in [0.717, 1.165) is 83.1 Å². The quantitative estimate of drug-likeness (QED) is 0.0524. The summed E-state index contributed by atoms with van der Waals surface area (Å²) in [5.74, 6) is 4.20. The Labute approximate surface area is 785 Å². The molecule has 19 heteroatoms. The minimum absolute atomic E-state index is 0. The molecule has 6 aliphatic rings. The van der Waals surface area contributed by atoms with Crippen molar-refractivity contribution in [2.45, 2.75) is 44.7 Å². The zero-order chi connectivity index (χ0) is 84.8. The predicted molar refractivity (Wildman–Crippen MR) is 527 cm³/mol. The van der Waals surface area contributed by atoms with Crippen LogP contribution in [0.15, 0.2) is 395 Å². The molecule has 6 aliphatic heterocycles. The summed E-state index contributed by atoms with van der Waals surface area (Å²) >= 11 is 0. The van der Waals surface area contributed by atoms with Gasteiger partial charge in [0.2, 0.25) is 0 Å². The predicted octanol–water partition coefficient (Wildman–Crippen LogP) is 23.7. The van der Waals surface area contributed by atoms with E-state index in [-0.39, 0.29) is 51.2 Å². The molecule has 0 saturated heterocycles.